The van der Waals surface area contributed by atoms with E-state index in [0.717, 1.165) is 0 Å². The summed E-state index contributed by atoms with van der Waals surface area (Å²) in [5.74, 6) is -0.547. The van der Waals surface area contributed by atoms with Crippen molar-refractivity contribution in [3.05, 3.63) is 47.9 Å². The van der Waals surface area contributed by atoms with Crippen LogP contribution in [0.3, 0.4) is 0 Å². The largest absolute Gasteiger partial charge is 0.465 e. The third kappa shape index (κ3) is 2.54. The van der Waals surface area contributed by atoms with E-state index in [-0.39, 0.29) is 17.1 Å². The number of rotatable bonds is 3. The van der Waals surface area contributed by atoms with Crippen molar-refractivity contribution >= 4 is 23.2 Å². The lowest BCUT2D eigenvalue weighted by atomic mass is 10.2. The SMILES string of the molecule is COC(=O)c1ccnc(N(C)c2cccc(F)c2)c1N. The Labute approximate surface area is 115 Å². The number of esters is 1. The zero-order valence-electron chi connectivity index (χ0n) is 11.1. The van der Waals surface area contributed by atoms with Crippen molar-refractivity contribution in [2.24, 2.45) is 0 Å². The van der Waals surface area contributed by atoms with E-state index in [1.165, 1.54) is 31.5 Å². The highest BCUT2D eigenvalue weighted by molar-refractivity contribution is 5.98. The van der Waals surface area contributed by atoms with Crippen LogP contribution in [0.4, 0.5) is 21.6 Å². The van der Waals surface area contributed by atoms with Gasteiger partial charge in [-0.05, 0) is 24.3 Å². The summed E-state index contributed by atoms with van der Waals surface area (Å²) in [6.07, 6.45) is 1.45. The van der Waals surface area contributed by atoms with Crippen LogP contribution in [0, 0.1) is 5.82 Å². The number of nitrogens with two attached hydrogens (primary N) is 1. The Kier molecular flexibility index (Phi) is 3.84. The number of ether oxygens (including phenoxy) is 1. The number of aromatic nitrogens is 1. The number of halogens is 1. The van der Waals surface area contributed by atoms with Gasteiger partial charge in [0.05, 0.1) is 18.4 Å². The minimum atomic E-state index is -0.543. The molecule has 6 heteroatoms. The van der Waals surface area contributed by atoms with Crippen LogP contribution < -0.4 is 10.6 Å². The molecule has 104 valence electrons. The van der Waals surface area contributed by atoms with E-state index < -0.39 is 5.97 Å². The van der Waals surface area contributed by atoms with Gasteiger partial charge in [0, 0.05) is 18.9 Å². The molecule has 1 aromatic heterocycles. The van der Waals surface area contributed by atoms with Crippen LogP contribution in [0.15, 0.2) is 36.5 Å². The highest BCUT2D eigenvalue weighted by atomic mass is 19.1. The first kappa shape index (κ1) is 13.8. The molecule has 2 rings (SSSR count). The molecule has 5 nitrogen and oxygen atoms in total. The molecular weight excluding hydrogens is 261 g/mol. The standard InChI is InChI=1S/C14H14FN3O2/c1-18(10-5-3-4-9(15)8-10)13-12(16)11(6-7-17-13)14(19)20-2/h3-8H,16H2,1-2H3. The summed E-state index contributed by atoms with van der Waals surface area (Å²) >= 11 is 0. The molecule has 0 aliphatic rings. The average molecular weight is 275 g/mol. The molecule has 0 spiro atoms. The maximum Gasteiger partial charge on any atom is 0.340 e. The zero-order valence-corrected chi connectivity index (χ0v) is 11.1. The van der Waals surface area contributed by atoms with Crippen LogP contribution in [-0.4, -0.2) is 25.1 Å². The van der Waals surface area contributed by atoms with E-state index in [1.807, 2.05) is 0 Å². The molecule has 0 fully saturated rings. The number of pyridine rings is 1. The molecule has 0 saturated heterocycles. The molecule has 0 atom stereocenters. The molecule has 0 saturated carbocycles. The number of carbonyl (C=O) groups excluding carboxylic acids is 1. The van der Waals surface area contributed by atoms with Gasteiger partial charge in [0.15, 0.2) is 5.82 Å². The first-order chi connectivity index (χ1) is 9.54. The molecule has 20 heavy (non-hydrogen) atoms. The van der Waals surface area contributed by atoms with Crippen molar-refractivity contribution in [1.29, 1.82) is 0 Å². The van der Waals surface area contributed by atoms with Crippen molar-refractivity contribution in [2.45, 2.75) is 0 Å². The van der Waals surface area contributed by atoms with E-state index in [9.17, 15) is 9.18 Å². The van der Waals surface area contributed by atoms with Gasteiger partial charge in [-0.1, -0.05) is 6.07 Å². The molecule has 0 radical (unpaired) electrons. The second-order valence-electron chi connectivity index (χ2n) is 4.13. The third-order valence-electron chi connectivity index (χ3n) is 2.89. The van der Waals surface area contributed by atoms with Crippen LogP contribution in [0.2, 0.25) is 0 Å². The van der Waals surface area contributed by atoms with Gasteiger partial charge in [0.25, 0.3) is 0 Å². The number of nitrogens with zero attached hydrogens (tertiary/aromatic N) is 2. The molecule has 1 aromatic carbocycles. The molecule has 0 aliphatic heterocycles. The minimum absolute atomic E-state index is 0.186. The lowest BCUT2D eigenvalue weighted by molar-refractivity contribution is 0.0602. The summed E-state index contributed by atoms with van der Waals surface area (Å²) in [6, 6.07) is 7.48. The van der Waals surface area contributed by atoms with Gasteiger partial charge < -0.3 is 15.4 Å². The van der Waals surface area contributed by atoms with E-state index in [4.69, 9.17) is 5.73 Å². The summed E-state index contributed by atoms with van der Waals surface area (Å²) in [6.45, 7) is 0. The van der Waals surface area contributed by atoms with Crippen LogP contribution in [0.5, 0.6) is 0 Å². The fourth-order valence-electron chi connectivity index (χ4n) is 1.82. The van der Waals surface area contributed by atoms with Gasteiger partial charge in [0.1, 0.15) is 5.82 Å². The Morgan fingerprint density at radius 1 is 1.40 bits per heavy atom. The first-order valence-corrected chi connectivity index (χ1v) is 5.86. The fraction of sp³-hybridized carbons (Fsp3) is 0.143. The number of anilines is 3. The van der Waals surface area contributed by atoms with Crippen LogP contribution in [0.1, 0.15) is 10.4 Å². The normalized spacial score (nSPS) is 10.2. The predicted molar refractivity (Wildman–Crippen MR) is 74.5 cm³/mol. The minimum Gasteiger partial charge on any atom is -0.465 e. The van der Waals surface area contributed by atoms with Gasteiger partial charge in [-0.25, -0.2) is 14.2 Å². The highest BCUT2D eigenvalue weighted by Crippen LogP contribution is 2.29. The predicted octanol–water partition coefficient (Wildman–Crippen LogP) is 2.36. The summed E-state index contributed by atoms with van der Waals surface area (Å²) in [7, 11) is 2.96. The molecule has 0 bridgehead atoms. The lowest BCUT2D eigenvalue weighted by Crippen LogP contribution is -2.16. The molecule has 0 aliphatic carbocycles. The maximum absolute atomic E-state index is 13.3. The number of hydrogen-bond acceptors (Lipinski definition) is 5. The second kappa shape index (κ2) is 5.56. The Morgan fingerprint density at radius 2 is 2.15 bits per heavy atom. The number of nitrogen functional groups attached to an aromatic ring is 1. The van der Waals surface area contributed by atoms with Crippen molar-refractivity contribution in [3.8, 4) is 0 Å². The quantitative estimate of drug-likeness (QED) is 0.871. The number of methoxy groups -OCH3 is 1. The van der Waals surface area contributed by atoms with E-state index in [0.29, 0.717) is 11.5 Å². The monoisotopic (exact) mass is 275 g/mol. The van der Waals surface area contributed by atoms with Crippen LogP contribution in [-0.2, 0) is 4.74 Å². The summed E-state index contributed by atoms with van der Waals surface area (Å²) in [4.78, 5) is 17.3. The topological polar surface area (TPSA) is 68.5 Å². The van der Waals surface area contributed by atoms with Gasteiger partial charge >= 0.3 is 5.97 Å². The van der Waals surface area contributed by atoms with Crippen molar-refractivity contribution in [3.63, 3.8) is 0 Å². The average Bonchev–Trinajstić information content (AvgIpc) is 2.46. The van der Waals surface area contributed by atoms with E-state index in [2.05, 4.69) is 9.72 Å². The van der Waals surface area contributed by atoms with Crippen LogP contribution in [0.25, 0.3) is 0 Å². The molecule has 0 amide bonds. The molecule has 2 N–H and O–H groups in total. The van der Waals surface area contributed by atoms with Crippen molar-refractivity contribution in [2.75, 3.05) is 24.8 Å². The van der Waals surface area contributed by atoms with Crippen molar-refractivity contribution in [1.82, 2.24) is 4.98 Å². The molecular formula is C14H14FN3O2. The fourth-order valence-corrected chi connectivity index (χ4v) is 1.82. The Bertz CT molecular complexity index is 646. The Hall–Kier alpha value is -2.63. The summed E-state index contributed by atoms with van der Waals surface area (Å²) < 4.78 is 17.9. The number of hydrogen-bond donors (Lipinski definition) is 1. The summed E-state index contributed by atoms with van der Waals surface area (Å²) in [5.41, 5.74) is 6.92. The Morgan fingerprint density at radius 3 is 2.80 bits per heavy atom. The van der Waals surface area contributed by atoms with Gasteiger partial charge in [-0.3, -0.25) is 0 Å². The van der Waals surface area contributed by atoms with E-state index in [1.54, 1.807) is 24.1 Å². The first-order valence-electron chi connectivity index (χ1n) is 5.86. The highest BCUT2D eigenvalue weighted by Gasteiger charge is 2.17. The second-order valence-corrected chi connectivity index (χ2v) is 4.13. The third-order valence-corrected chi connectivity index (χ3v) is 2.89. The number of carbonyl (C=O) groups is 1. The van der Waals surface area contributed by atoms with Gasteiger partial charge in [-0.15, -0.1) is 0 Å². The van der Waals surface area contributed by atoms with Crippen LogP contribution >= 0.6 is 0 Å². The molecule has 0 unspecified atom stereocenters. The van der Waals surface area contributed by atoms with Gasteiger partial charge in [-0.2, -0.15) is 0 Å². The smallest absolute Gasteiger partial charge is 0.340 e. The molecule has 1 heterocycles. The van der Waals surface area contributed by atoms with Crippen molar-refractivity contribution < 1.29 is 13.9 Å². The maximum atomic E-state index is 13.3. The Balaban J connectivity index is 2.45. The number of benzene rings is 1. The van der Waals surface area contributed by atoms with Gasteiger partial charge in [0.2, 0.25) is 0 Å². The molecule has 2 aromatic rings. The van der Waals surface area contributed by atoms with E-state index >= 15 is 0 Å². The lowest BCUT2D eigenvalue weighted by Gasteiger charge is -2.20. The zero-order chi connectivity index (χ0) is 14.7. The summed E-state index contributed by atoms with van der Waals surface area (Å²) in [5, 5.41) is 0.